The quantitative estimate of drug-likeness (QED) is 0.544. The zero-order chi connectivity index (χ0) is 10.8. The predicted octanol–water partition coefficient (Wildman–Crippen LogP) is 1.88. The topological polar surface area (TPSA) is 62.4 Å². The van der Waals surface area contributed by atoms with Crippen LogP contribution >= 0.6 is 0 Å². The standard InChI is InChI=1S/C12H13N3/c1-2-8-7-9-5-3-4-6-10(9)12(15-14)11(8)13/h3-6H,2,7,13H2,1H3. The predicted molar refractivity (Wildman–Crippen MR) is 59.4 cm³/mol. The number of rotatable bonds is 1. The molecule has 15 heavy (non-hydrogen) atoms. The van der Waals surface area contributed by atoms with Crippen molar-refractivity contribution >= 4 is 5.71 Å². The SMILES string of the molecule is CCC1=C(N)C(=[N+]=[N-])c2ccccc2C1. The van der Waals surface area contributed by atoms with Gasteiger partial charge in [-0.05, 0) is 30.0 Å². The Morgan fingerprint density at radius 2 is 2.13 bits per heavy atom. The highest BCUT2D eigenvalue weighted by molar-refractivity contribution is 6.10. The molecule has 0 amide bonds. The number of benzene rings is 1. The number of nitrogens with two attached hydrogens (primary N) is 1. The minimum absolute atomic E-state index is 0.508. The lowest BCUT2D eigenvalue weighted by molar-refractivity contribution is -0.00358. The third-order valence-corrected chi connectivity index (χ3v) is 2.84. The van der Waals surface area contributed by atoms with Gasteiger partial charge in [0.25, 0.3) is 0 Å². The molecular weight excluding hydrogens is 186 g/mol. The maximum Gasteiger partial charge on any atom is 0.345 e. The molecule has 1 aromatic rings. The summed E-state index contributed by atoms with van der Waals surface area (Å²) < 4.78 is 0. The Kier molecular flexibility index (Phi) is 2.40. The molecule has 1 aliphatic carbocycles. The van der Waals surface area contributed by atoms with Crippen LogP contribution in [-0.2, 0) is 6.42 Å². The zero-order valence-corrected chi connectivity index (χ0v) is 8.70. The monoisotopic (exact) mass is 199 g/mol. The number of allylic oxidation sites excluding steroid dienone is 2. The van der Waals surface area contributed by atoms with Crippen LogP contribution in [0.4, 0.5) is 0 Å². The fourth-order valence-corrected chi connectivity index (χ4v) is 1.97. The van der Waals surface area contributed by atoms with Gasteiger partial charge in [0.15, 0.2) is 0 Å². The van der Waals surface area contributed by atoms with E-state index in [9.17, 15) is 0 Å². The number of hydrogen-bond acceptors (Lipinski definition) is 1. The Morgan fingerprint density at radius 1 is 1.40 bits per heavy atom. The molecule has 1 aliphatic rings. The third kappa shape index (κ3) is 1.47. The Morgan fingerprint density at radius 3 is 2.80 bits per heavy atom. The van der Waals surface area contributed by atoms with E-state index in [0.717, 1.165) is 24.0 Å². The summed E-state index contributed by atoms with van der Waals surface area (Å²) in [7, 11) is 0. The molecule has 0 bridgehead atoms. The van der Waals surface area contributed by atoms with Crippen LogP contribution in [0.3, 0.4) is 0 Å². The first kappa shape index (κ1) is 9.69. The highest BCUT2D eigenvalue weighted by Gasteiger charge is 2.26. The molecule has 3 heteroatoms. The second-order valence-electron chi connectivity index (χ2n) is 3.65. The van der Waals surface area contributed by atoms with Gasteiger partial charge in [0.05, 0.1) is 5.56 Å². The van der Waals surface area contributed by atoms with Crippen LogP contribution in [0.2, 0.25) is 0 Å². The van der Waals surface area contributed by atoms with Crippen molar-refractivity contribution in [1.82, 2.24) is 0 Å². The Hall–Kier alpha value is -1.86. The van der Waals surface area contributed by atoms with Gasteiger partial charge in [0.2, 0.25) is 0 Å². The van der Waals surface area contributed by atoms with Gasteiger partial charge >= 0.3 is 5.71 Å². The first-order valence-corrected chi connectivity index (χ1v) is 5.06. The summed E-state index contributed by atoms with van der Waals surface area (Å²) in [6.45, 7) is 2.06. The van der Waals surface area contributed by atoms with Crippen molar-refractivity contribution in [3.63, 3.8) is 0 Å². The molecule has 0 saturated heterocycles. The van der Waals surface area contributed by atoms with Crippen LogP contribution in [0.5, 0.6) is 0 Å². The minimum atomic E-state index is 0.508. The van der Waals surface area contributed by atoms with Crippen LogP contribution in [0.1, 0.15) is 24.5 Å². The number of fused-ring (bicyclic) bond motifs is 1. The molecule has 0 spiro atoms. The first-order chi connectivity index (χ1) is 7.27. The lowest BCUT2D eigenvalue weighted by Gasteiger charge is -2.16. The van der Waals surface area contributed by atoms with E-state index in [0.29, 0.717) is 11.4 Å². The largest absolute Gasteiger partial charge is 0.392 e. The summed E-state index contributed by atoms with van der Waals surface area (Å²) in [4.78, 5) is 3.30. The van der Waals surface area contributed by atoms with Gasteiger partial charge in [0.1, 0.15) is 5.70 Å². The second kappa shape index (κ2) is 3.71. The molecule has 0 atom stereocenters. The number of hydrogen-bond donors (Lipinski definition) is 1. The Bertz CT molecular complexity index is 479. The van der Waals surface area contributed by atoms with Gasteiger partial charge in [-0.15, -0.1) is 0 Å². The second-order valence-corrected chi connectivity index (χ2v) is 3.65. The summed E-state index contributed by atoms with van der Waals surface area (Å²) in [5, 5.41) is 0. The summed E-state index contributed by atoms with van der Waals surface area (Å²) >= 11 is 0. The van der Waals surface area contributed by atoms with E-state index in [4.69, 9.17) is 11.3 Å². The van der Waals surface area contributed by atoms with E-state index in [1.165, 1.54) is 5.56 Å². The van der Waals surface area contributed by atoms with E-state index in [1.807, 2.05) is 24.3 Å². The van der Waals surface area contributed by atoms with Crippen molar-refractivity contribution in [1.29, 1.82) is 0 Å². The van der Waals surface area contributed by atoms with Crippen LogP contribution in [0, 0.1) is 0 Å². The van der Waals surface area contributed by atoms with Crippen LogP contribution in [0.15, 0.2) is 35.5 Å². The van der Waals surface area contributed by atoms with E-state index >= 15 is 0 Å². The molecule has 0 radical (unpaired) electrons. The highest BCUT2D eigenvalue weighted by Crippen LogP contribution is 2.24. The number of nitrogens with zero attached hydrogens (tertiary/aromatic N) is 2. The van der Waals surface area contributed by atoms with Gasteiger partial charge in [-0.2, -0.15) is 4.79 Å². The van der Waals surface area contributed by atoms with E-state index in [1.54, 1.807) is 0 Å². The fourth-order valence-electron chi connectivity index (χ4n) is 1.97. The molecule has 0 fully saturated rings. The van der Waals surface area contributed by atoms with Crippen LogP contribution in [-0.4, -0.2) is 10.5 Å². The van der Waals surface area contributed by atoms with Gasteiger partial charge < -0.3 is 11.3 Å². The van der Waals surface area contributed by atoms with E-state index in [2.05, 4.69) is 11.7 Å². The summed E-state index contributed by atoms with van der Waals surface area (Å²) in [5.74, 6) is 0. The Balaban J connectivity index is 2.64. The average molecular weight is 199 g/mol. The van der Waals surface area contributed by atoms with Crippen molar-refractivity contribution in [3.05, 3.63) is 52.2 Å². The summed E-state index contributed by atoms with van der Waals surface area (Å²) in [6, 6.07) is 7.89. The lowest BCUT2D eigenvalue weighted by Crippen LogP contribution is -2.23. The minimum Gasteiger partial charge on any atom is -0.392 e. The summed E-state index contributed by atoms with van der Waals surface area (Å²) in [5.41, 5.74) is 19.3. The molecular formula is C12H13N3. The van der Waals surface area contributed by atoms with Gasteiger partial charge in [-0.3, -0.25) is 0 Å². The lowest BCUT2D eigenvalue weighted by atomic mass is 9.87. The van der Waals surface area contributed by atoms with Crippen molar-refractivity contribution < 1.29 is 4.79 Å². The van der Waals surface area contributed by atoms with Crippen molar-refractivity contribution in [2.75, 3.05) is 0 Å². The third-order valence-electron chi connectivity index (χ3n) is 2.84. The van der Waals surface area contributed by atoms with Crippen molar-refractivity contribution in [2.45, 2.75) is 19.8 Å². The highest BCUT2D eigenvalue weighted by atomic mass is 14.9. The molecule has 2 rings (SSSR count). The maximum atomic E-state index is 9.00. The summed E-state index contributed by atoms with van der Waals surface area (Å²) in [6.07, 6.45) is 1.75. The van der Waals surface area contributed by atoms with Crippen LogP contribution < -0.4 is 5.73 Å². The fraction of sp³-hybridized carbons (Fsp3) is 0.250. The molecule has 0 unspecified atom stereocenters. The first-order valence-electron chi connectivity index (χ1n) is 5.06. The normalized spacial score (nSPS) is 14.9. The molecule has 0 aromatic heterocycles. The van der Waals surface area contributed by atoms with Crippen LogP contribution in [0.25, 0.3) is 5.53 Å². The van der Waals surface area contributed by atoms with Gasteiger partial charge in [0, 0.05) is 0 Å². The average Bonchev–Trinajstić information content (AvgIpc) is 2.28. The molecule has 3 nitrogen and oxygen atoms in total. The van der Waals surface area contributed by atoms with E-state index < -0.39 is 0 Å². The van der Waals surface area contributed by atoms with Crippen molar-refractivity contribution in [3.8, 4) is 0 Å². The molecule has 0 heterocycles. The Labute approximate surface area is 88.8 Å². The van der Waals surface area contributed by atoms with Crippen molar-refractivity contribution in [2.24, 2.45) is 5.73 Å². The molecule has 76 valence electrons. The smallest absolute Gasteiger partial charge is 0.345 e. The van der Waals surface area contributed by atoms with Gasteiger partial charge in [-0.25, -0.2) is 0 Å². The maximum absolute atomic E-state index is 9.00. The van der Waals surface area contributed by atoms with E-state index in [-0.39, 0.29) is 0 Å². The molecule has 0 saturated carbocycles. The molecule has 1 aromatic carbocycles. The van der Waals surface area contributed by atoms with Gasteiger partial charge in [-0.1, -0.05) is 25.1 Å². The molecule has 0 aliphatic heterocycles. The molecule has 2 N–H and O–H groups in total. The zero-order valence-electron chi connectivity index (χ0n) is 8.70.